The van der Waals surface area contributed by atoms with Gasteiger partial charge in [0.1, 0.15) is 0 Å². The fourth-order valence-electron chi connectivity index (χ4n) is 1.79. The van der Waals surface area contributed by atoms with Gasteiger partial charge in [-0.25, -0.2) is 4.85 Å². The molecule has 72 valence electrons. The van der Waals surface area contributed by atoms with Gasteiger partial charge in [-0.1, -0.05) is 6.42 Å². The second kappa shape index (κ2) is 3.30. The van der Waals surface area contributed by atoms with E-state index in [4.69, 9.17) is 6.57 Å². The number of aromatic nitrogens is 1. The molecule has 3 heteroatoms. The number of hydrogen-bond acceptors (Lipinski definition) is 1. The van der Waals surface area contributed by atoms with Crippen LogP contribution in [0.5, 0.6) is 0 Å². The van der Waals surface area contributed by atoms with Crippen LogP contribution < -0.4 is 5.56 Å². The Labute approximate surface area is 82.6 Å². The molecule has 0 unspecified atom stereocenters. The van der Waals surface area contributed by atoms with Crippen LogP contribution in [0.2, 0.25) is 0 Å². The fourth-order valence-corrected chi connectivity index (χ4v) is 1.79. The number of rotatable bonds is 1. The van der Waals surface area contributed by atoms with Crippen LogP contribution in [-0.4, -0.2) is 4.98 Å². The molecule has 1 heterocycles. The molecule has 1 fully saturated rings. The van der Waals surface area contributed by atoms with Crippen LogP contribution in [0.1, 0.15) is 36.4 Å². The third kappa shape index (κ3) is 1.33. The first-order valence-electron chi connectivity index (χ1n) is 4.83. The Hall–Kier alpha value is -1.56. The predicted octanol–water partition coefficient (Wildman–Crippen LogP) is 2.50. The molecule has 1 aliphatic carbocycles. The van der Waals surface area contributed by atoms with Gasteiger partial charge in [0.15, 0.2) is 0 Å². The van der Waals surface area contributed by atoms with Crippen molar-refractivity contribution in [3.8, 4) is 0 Å². The van der Waals surface area contributed by atoms with Gasteiger partial charge in [0, 0.05) is 5.69 Å². The highest BCUT2D eigenvalue weighted by atomic mass is 16.1. The predicted molar refractivity (Wildman–Crippen MR) is 54.7 cm³/mol. The summed E-state index contributed by atoms with van der Waals surface area (Å²) in [6.07, 6.45) is 3.57. The second-order valence-corrected chi connectivity index (χ2v) is 3.83. The van der Waals surface area contributed by atoms with Gasteiger partial charge in [0.2, 0.25) is 0 Å². The highest BCUT2D eigenvalue weighted by molar-refractivity contribution is 5.50. The van der Waals surface area contributed by atoms with E-state index < -0.39 is 0 Å². The first-order chi connectivity index (χ1) is 6.72. The fraction of sp³-hybridized carbons (Fsp3) is 0.455. The van der Waals surface area contributed by atoms with Crippen LogP contribution in [-0.2, 0) is 0 Å². The van der Waals surface area contributed by atoms with Gasteiger partial charge in [0.05, 0.1) is 6.57 Å². The summed E-state index contributed by atoms with van der Waals surface area (Å²) in [6.45, 7) is 8.69. The van der Waals surface area contributed by atoms with Gasteiger partial charge < -0.3 is 4.98 Å². The zero-order chi connectivity index (χ0) is 10.1. The molecule has 1 aromatic rings. The lowest BCUT2D eigenvalue weighted by atomic mass is 9.82. The minimum atomic E-state index is -0.234. The molecule has 2 rings (SSSR count). The van der Waals surface area contributed by atoms with E-state index in [9.17, 15) is 4.79 Å². The maximum absolute atomic E-state index is 11.5. The SMILES string of the molecule is [C-]#[N+]c1c(C)cc(C2CCC2)[nH]c1=O. The molecule has 1 aliphatic rings. The standard InChI is InChI=1S/C11H12N2O/c1-7-6-9(8-4-3-5-8)13-11(14)10(7)12-2/h6,8H,3-5H2,1H3,(H,13,14). The van der Waals surface area contributed by atoms with E-state index in [1.54, 1.807) is 0 Å². The zero-order valence-electron chi connectivity index (χ0n) is 8.13. The van der Waals surface area contributed by atoms with Gasteiger partial charge in [-0.2, -0.15) is 0 Å². The molecule has 1 N–H and O–H groups in total. The van der Waals surface area contributed by atoms with Crippen molar-refractivity contribution in [3.05, 3.63) is 39.1 Å². The summed E-state index contributed by atoms with van der Waals surface area (Å²) in [4.78, 5) is 17.5. The molecular formula is C11H12N2O. The van der Waals surface area contributed by atoms with Crippen LogP contribution in [0.25, 0.3) is 4.85 Å². The Morgan fingerprint density at radius 2 is 2.29 bits per heavy atom. The second-order valence-electron chi connectivity index (χ2n) is 3.83. The number of nitrogens with zero attached hydrogens (tertiary/aromatic N) is 1. The van der Waals surface area contributed by atoms with Crippen molar-refractivity contribution in [3.63, 3.8) is 0 Å². The van der Waals surface area contributed by atoms with E-state index in [2.05, 4.69) is 9.83 Å². The third-order valence-electron chi connectivity index (χ3n) is 2.88. The van der Waals surface area contributed by atoms with Crippen molar-refractivity contribution in [1.29, 1.82) is 0 Å². The molecule has 0 spiro atoms. The minimum Gasteiger partial charge on any atom is -0.335 e. The molecular weight excluding hydrogens is 176 g/mol. The van der Waals surface area contributed by atoms with E-state index in [0.29, 0.717) is 5.92 Å². The van der Waals surface area contributed by atoms with Crippen LogP contribution in [0.4, 0.5) is 5.69 Å². The Morgan fingerprint density at radius 3 is 2.71 bits per heavy atom. The number of nitrogens with one attached hydrogen (secondary N) is 1. The number of H-pyrrole nitrogens is 1. The van der Waals surface area contributed by atoms with Crippen LogP contribution >= 0.6 is 0 Å². The number of aryl methyl sites for hydroxylation is 1. The maximum atomic E-state index is 11.5. The molecule has 0 atom stereocenters. The van der Waals surface area contributed by atoms with Crippen LogP contribution in [0.15, 0.2) is 10.9 Å². The topological polar surface area (TPSA) is 37.2 Å². The minimum absolute atomic E-state index is 0.230. The summed E-state index contributed by atoms with van der Waals surface area (Å²) < 4.78 is 0. The van der Waals surface area contributed by atoms with Crippen molar-refractivity contribution >= 4 is 5.69 Å². The van der Waals surface area contributed by atoms with Gasteiger partial charge in [-0.05, 0) is 37.3 Å². The monoisotopic (exact) mass is 188 g/mol. The van der Waals surface area contributed by atoms with Crippen molar-refractivity contribution in [2.75, 3.05) is 0 Å². The average molecular weight is 188 g/mol. The smallest absolute Gasteiger partial charge is 0.254 e. The van der Waals surface area contributed by atoms with Crippen molar-refractivity contribution in [1.82, 2.24) is 4.98 Å². The van der Waals surface area contributed by atoms with Crippen LogP contribution in [0, 0.1) is 13.5 Å². The largest absolute Gasteiger partial charge is 0.335 e. The highest BCUT2D eigenvalue weighted by Crippen LogP contribution is 2.35. The summed E-state index contributed by atoms with van der Waals surface area (Å²) in [7, 11) is 0. The maximum Gasteiger partial charge on any atom is 0.254 e. The Morgan fingerprint density at radius 1 is 1.57 bits per heavy atom. The normalized spacial score (nSPS) is 16.0. The summed E-state index contributed by atoms with van der Waals surface area (Å²) in [5, 5.41) is 0. The quantitative estimate of drug-likeness (QED) is 0.675. The molecule has 0 amide bonds. The molecule has 14 heavy (non-hydrogen) atoms. The first kappa shape index (κ1) is 9.01. The summed E-state index contributed by atoms with van der Waals surface area (Å²) in [6, 6.07) is 1.94. The zero-order valence-corrected chi connectivity index (χ0v) is 8.13. The summed E-state index contributed by atoms with van der Waals surface area (Å²) in [5.41, 5.74) is 1.80. The molecule has 0 aromatic carbocycles. The van der Waals surface area contributed by atoms with Gasteiger partial charge in [-0.15, -0.1) is 0 Å². The lowest BCUT2D eigenvalue weighted by molar-refractivity contribution is 0.410. The Balaban J connectivity index is 2.47. The van der Waals surface area contributed by atoms with E-state index in [0.717, 1.165) is 24.1 Å². The van der Waals surface area contributed by atoms with Crippen molar-refractivity contribution < 1.29 is 0 Å². The van der Waals surface area contributed by atoms with Crippen LogP contribution in [0.3, 0.4) is 0 Å². The van der Waals surface area contributed by atoms with Crippen molar-refractivity contribution in [2.24, 2.45) is 0 Å². The summed E-state index contributed by atoms with van der Waals surface area (Å²) in [5.74, 6) is 0.515. The number of hydrogen-bond donors (Lipinski definition) is 1. The summed E-state index contributed by atoms with van der Waals surface area (Å²) >= 11 is 0. The number of pyridine rings is 1. The lowest BCUT2D eigenvalue weighted by Crippen LogP contribution is -2.16. The Bertz CT molecular complexity index is 449. The van der Waals surface area contributed by atoms with Gasteiger partial charge in [-0.3, -0.25) is 4.79 Å². The van der Waals surface area contributed by atoms with Gasteiger partial charge >= 0.3 is 0 Å². The molecule has 0 saturated heterocycles. The number of aromatic amines is 1. The van der Waals surface area contributed by atoms with Gasteiger partial charge in [0.25, 0.3) is 11.2 Å². The van der Waals surface area contributed by atoms with E-state index >= 15 is 0 Å². The third-order valence-corrected chi connectivity index (χ3v) is 2.88. The molecule has 0 aliphatic heterocycles. The molecule has 3 nitrogen and oxygen atoms in total. The molecule has 1 saturated carbocycles. The molecule has 0 bridgehead atoms. The first-order valence-corrected chi connectivity index (χ1v) is 4.83. The Kier molecular flexibility index (Phi) is 2.12. The van der Waals surface area contributed by atoms with E-state index in [1.165, 1.54) is 6.42 Å². The van der Waals surface area contributed by atoms with E-state index in [-0.39, 0.29) is 11.2 Å². The lowest BCUT2D eigenvalue weighted by Gasteiger charge is -2.25. The average Bonchev–Trinajstić information content (AvgIpc) is 2.00. The van der Waals surface area contributed by atoms with Crippen molar-refractivity contribution in [2.45, 2.75) is 32.1 Å². The highest BCUT2D eigenvalue weighted by Gasteiger charge is 2.21. The molecule has 1 aromatic heterocycles. The van der Waals surface area contributed by atoms with E-state index in [1.807, 2.05) is 13.0 Å². The molecule has 0 radical (unpaired) electrons.